The summed E-state index contributed by atoms with van der Waals surface area (Å²) < 4.78 is 30.8. The third-order valence-corrected chi connectivity index (χ3v) is 11.0. The molecule has 1 atom stereocenters. The highest BCUT2D eigenvalue weighted by Crippen LogP contribution is 2.29. The molecule has 0 radical (unpaired) electrons. The van der Waals surface area contributed by atoms with Crippen LogP contribution >= 0.6 is 15.9 Å². The summed E-state index contributed by atoms with van der Waals surface area (Å²) >= 11 is 3.54. The van der Waals surface area contributed by atoms with Gasteiger partial charge in [0.05, 0.1) is 10.6 Å². The maximum Gasteiger partial charge on any atom is 0.264 e. The van der Waals surface area contributed by atoms with Gasteiger partial charge in [0.1, 0.15) is 12.6 Å². The van der Waals surface area contributed by atoms with Crippen molar-refractivity contribution >= 4 is 43.5 Å². The summed E-state index contributed by atoms with van der Waals surface area (Å²) in [6, 6.07) is 30.4. The van der Waals surface area contributed by atoms with E-state index in [9.17, 15) is 18.0 Å². The highest BCUT2D eigenvalue weighted by molar-refractivity contribution is 9.10. The van der Waals surface area contributed by atoms with Gasteiger partial charge in [-0.2, -0.15) is 0 Å². The smallest absolute Gasteiger partial charge is 0.264 e. The molecule has 9 heteroatoms. The van der Waals surface area contributed by atoms with E-state index in [0.29, 0.717) is 12.1 Å². The van der Waals surface area contributed by atoms with E-state index in [1.807, 2.05) is 80.6 Å². The molecule has 4 aromatic carbocycles. The summed E-state index contributed by atoms with van der Waals surface area (Å²) in [6.07, 6.45) is 4.77. The van der Waals surface area contributed by atoms with E-state index in [2.05, 4.69) is 21.2 Å². The van der Waals surface area contributed by atoms with Gasteiger partial charge in [-0.15, -0.1) is 0 Å². The Hall–Kier alpha value is -3.95. The number of benzene rings is 4. The fourth-order valence-corrected chi connectivity index (χ4v) is 8.06. The van der Waals surface area contributed by atoms with Crippen LogP contribution in [-0.2, 0) is 39.0 Å². The molecule has 47 heavy (non-hydrogen) atoms. The molecule has 5 rings (SSSR count). The Balaban J connectivity index is 1.59. The molecule has 0 spiro atoms. The van der Waals surface area contributed by atoms with Crippen LogP contribution < -0.4 is 9.62 Å². The number of anilines is 1. The third-order valence-electron chi connectivity index (χ3n) is 8.74. The number of hydrogen-bond acceptors (Lipinski definition) is 4. The van der Waals surface area contributed by atoms with Crippen LogP contribution in [0.4, 0.5) is 5.69 Å². The number of para-hydroxylation sites is 1. The Bertz CT molecular complexity index is 1770. The number of carbonyl (C=O) groups excluding carboxylic acids is 2. The molecule has 1 fully saturated rings. The van der Waals surface area contributed by atoms with Crippen molar-refractivity contribution in [2.45, 2.75) is 75.9 Å². The van der Waals surface area contributed by atoms with Gasteiger partial charge < -0.3 is 10.2 Å². The van der Waals surface area contributed by atoms with E-state index in [4.69, 9.17) is 0 Å². The summed E-state index contributed by atoms with van der Waals surface area (Å²) in [5.41, 5.74) is 3.90. The van der Waals surface area contributed by atoms with E-state index in [1.54, 1.807) is 41.3 Å². The normalized spacial score (nSPS) is 14.0. The second-order valence-electron chi connectivity index (χ2n) is 12.2. The fourth-order valence-electron chi connectivity index (χ4n) is 6.16. The number of sulfonamides is 1. The van der Waals surface area contributed by atoms with Crippen LogP contribution in [-0.4, -0.2) is 43.8 Å². The molecular formula is C38H42BrN3O4S. The van der Waals surface area contributed by atoms with Crippen molar-refractivity contribution in [3.63, 3.8) is 0 Å². The van der Waals surface area contributed by atoms with Gasteiger partial charge in [-0.05, 0) is 73.2 Å². The van der Waals surface area contributed by atoms with E-state index < -0.39 is 28.5 Å². The molecular weight excluding hydrogens is 674 g/mol. The second kappa shape index (κ2) is 15.8. The number of halogens is 1. The Kier molecular flexibility index (Phi) is 11.5. The molecule has 4 aromatic rings. The highest BCUT2D eigenvalue weighted by Gasteiger charge is 2.36. The first-order chi connectivity index (χ1) is 22.7. The SMILES string of the molecule is CCc1ccccc1N(CC(=O)N(Cc1cccc(Br)c1)[C@@H](Cc1ccccc1)C(=O)NC1CCCC1)S(=O)(=O)c1ccc(C)cc1. The fraction of sp³-hybridized carbons (Fsp3) is 0.316. The lowest BCUT2D eigenvalue weighted by atomic mass is 10.0. The summed E-state index contributed by atoms with van der Waals surface area (Å²) in [5, 5.41) is 3.22. The zero-order valence-electron chi connectivity index (χ0n) is 26.9. The van der Waals surface area contributed by atoms with Crippen LogP contribution in [0.5, 0.6) is 0 Å². The van der Waals surface area contributed by atoms with Crippen molar-refractivity contribution in [3.05, 3.63) is 130 Å². The largest absolute Gasteiger partial charge is 0.352 e. The minimum absolute atomic E-state index is 0.0541. The lowest BCUT2D eigenvalue weighted by Gasteiger charge is -2.34. The van der Waals surface area contributed by atoms with Crippen LogP contribution in [0.3, 0.4) is 0 Å². The monoisotopic (exact) mass is 715 g/mol. The van der Waals surface area contributed by atoms with E-state index in [-0.39, 0.29) is 29.8 Å². The van der Waals surface area contributed by atoms with Gasteiger partial charge in [-0.1, -0.05) is 114 Å². The van der Waals surface area contributed by atoms with Gasteiger partial charge in [0.15, 0.2) is 0 Å². The van der Waals surface area contributed by atoms with Crippen LogP contribution in [0.25, 0.3) is 0 Å². The summed E-state index contributed by atoms with van der Waals surface area (Å²) in [7, 11) is -4.16. The van der Waals surface area contributed by atoms with Crippen molar-refractivity contribution in [1.82, 2.24) is 10.2 Å². The summed E-state index contributed by atoms with van der Waals surface area (Å²) in [4.78, 5) is 30.6. The zero-order valence-corrected chi connectivity index (χ0v) is 29.3. The molecule has 1 saturated carbocycles. The molecule has 1 aliphatic carbocycles. The Labute approximate surface area is 287 Å². The minimum Gasteiger partial charge on any atom is -0.352 e. The number of hydrogen-bond donors (Lipinski definition) is 1. The van der Waals surface area contributed by atoms with Crippen molar-refractivity contribution in [3.8, 4) is 0 Å². The molecule has 0 heterocycles. The second-order valence-corrected chi connectivity index (χ2v) is 14.9. The first kappa shape index (κ1) is 34.4. The van der Waals surface area contributed by atoms with Gasteiger partial charge in [0, 0.05) is 23.5 Å². The minimum atomic E-state index is -4.16. The average Bonchev–Trinajstić information content (AvgIpc) is 3.59. The standard InChI is InChI=1S/C38H42BrN3O4S/c1-3-31-15-7-10-19-35(31)42(47(45,46)34-22-20-28(2)21-23-34)27-37(43)41(26-30-14-11-16-32(39)24-30)36(25-29-12-5-4-6-13-29)38(44)40-33-17-8-9-18-33/h4-7,10-16,19-24,33,36H,3,8-9,17-18,25-27H2,1-2H3,(H,40,44)/t36-/m0/s1. The average molecular weight is 717 g/mol. The molecule has 0 unspecified atom stereocenters. The van der Waals surface area contributed by atoms with Crippen LogP contribution in [0.1, 0.15) is 54.9 Å². The number of aryl methyl sites for hydroxylation is 2. The Morgan fingerprint density at radius 2 is 1.53 bits per heavy atom. The predicted molar refractivity (Wildman–Crippen MR) is 191 cm³/mol. The zero-order chi connectivity index (χ0) is 33.4. The van der Waals surface area contributed by atoms with Gasteiger partial charge in [-0.3, -0.25) is 13.9 Å². The van der Waals surface area contributed by atoms with Crippen molar-refractivity contribution < 1.29 is 18.0 Å². The van der Waals surface area contributed by atoms with E-state index in [0.717, 1.165) is 52.4 Å². The number of amides is 2. The summed E-state index contributed by atoms with van der Waals surface area (Å²) in [5.74, 6) is -0.694. The van der Waals surface area contributed by atoms with E-state index in [1.165, 1.54) is 4.31 Å². The molecule has 0 aromatic heterocycles. The van der Waals surface area contributed by atoms with Crippen LogP contribution in [0.2, 0.25) is 0 Å². The Morgan fingerprint density at radius 1 is 0.872 bits per heavy atom. The predicted octanol–water partition coefficient (Wildman–Crippen LogP) is 7.21. The molecule has 0 saturated heterocycles. The first-order valence-electron chi connectivity index (χ1n) is 16.2. The molecule has 0 aliphatic heterocycles. The van der Waals surface area contributed by atoms with Gasteiger partial charge in [-0.25, -0.2) is 8.42 Å². The highest BCUT2D eigenvalue weighted by atomic mass is 79.9. The van der Waals surface area contributed by atoms with Crippen molar-refractivity contribution in [2.24, 2.45) is 0 Å². The van der Waals surface area contributed by atoms with Crippen LogP contribution in [0.15, 0.2) is 112 Å². The molecule has 246 valence electrons. The maximum atomic E-state index is 14.7. The Morgan fingerprint density at radius 3 is 2.21 bits per heavy atom. The van der Waals surface area contributed by atoms with Crippen LogP contribution in [0, 0.1) is 6.92 Å². The van der Waals surface area contributed by atoms with Crippen molar-refractivity contribution in [1.29, 1.82) is 0 Å². The molecule has 1 aliphatic rings. The first-order valence-corrected chi connectivity index (χ1v) is 18.4. The maximum absolute atomic E-state index is 14.7. The van der Waals surface area contributed by atoms with Gasteiger partial charge in [0.25, 0.3) is 10.0 Å². The van der Waals surface area contributed by atoms with Crippen molar-refractivity contribution in [2.75, 3.05) is 10.8 Å². The third kappa shape index (κ3) is 8.70. The van der Waals surface area contributed by atoms with Gasteiger partial charge >= 0.3 is 0 Å². The number of carbonyl (C=O) groups is 2. The number of rotatable bonds is 13. The van der Waals surface area contributed by atoms with E-state index >= 15 is 0 Å². The summed E-state index contributed by atoms with van der Waals surface area (Å²) in [6.45, 7) is 3.51. The van der Waals surface area contributed by atoms with Gasteiger partial charge in [0.2, 0.25) is 11.8 Å². The topological polar surface area (TPSA) is 86.8 Å². The number of nitrogens with zero attached hydrogens (tertiary/aromatic N) is 2. The molecule has 1 N–H and O–H groups in total. The lowest BCUT2D eigenvalue weighted by molar-refractivity contribution is -0.140. The molecule has 7 nitrogen and oxygen atoms in total. The lowest BCUT2D eigenvalue weighted by Crippen LogP contribution is -2.54. The quantitative estimate of drug-likeness (QED) is 0.159. The number of nitrogens with one attached hydrogen (secondary N) is 1. The molecule has 2 amide bonds. The molecule has 0 bridgehead atoms.